The number of hydrogen-bond acceptors (Lipinski definition) is 7. The third-order valence-corrected chi connectivity index (χ3v) is 13.7. The predicted octanol–water partition coefficient (Wildman–Crippen LogP) is 8.80. The van der Waals surface area contributed by atoms with E-state index in [0.29, 0.717) is 16.6 Å². The number of benzene rings is 4. The van der Waals surface area contributed by atoms with E-state index < -0.39 is 33.0 Å². The van der Waals surface area contributed by atoms with E-state index in [1.807, 2.05) is 36.4 Å². The molecule has 5 aliphatic rings. The Morgan fingerprint density at radius 1 is 0.709 bits per heavy atom. The summed E-state index contributed by atoms with van der Waals surface area (Å²) in [5.41, 5.74) is 4.64. The second kappa shape index (κ2) is 15.2. The van der Waals surface area contributed by atoms with Crippen molar-refractivity contribution in [2.45, 2.75) is 68.0 Å². The average molecular weight is 786 g/mol. The third-order valence-electron chi connectivity index (χ3n) is 10.9. The third kappa shape index (κ3) is 6.88. The number of hydrazone groups is 2. The van der Waals surface area contributed by atoms with Crippen LogP contribution in [-0.2, 0) is 32.2 Å². The van der Waals surface area contributed by atoms with Crippen LogP contribution in [0.5, 0.6) is 0 Å². The lowest BCUT2D eigenvalue weighted by molar-refractivity contribution is -0.140. The van der Waals surface area contributed by atoms with Crippen molar-refractivity contribution in [2.24, 2.45) is 16.1 Å². The first-order valence-electron chi connectivity index (χ1n) is 18.6. The predicted molar refractivity (Wildman–Crippen MR) is 208 cm³/mol. The van der Waals surface area contributed by atoms with Gasteiger partial charge in [-0.15, -0.1) is 0 Å². The molecule has 4 aromatic rings. The molecule has 55 heavy (non-hydrogen) atoms. The van der Waals surface area contributed by atoms with Crippen LogP contribution < -0.4 is 5.32 Å². The first-order valence-corrected chi connectivity index (χ1v) is 20.2. The molecule has 2 spiro atoms. The topological polar surface area (TPSA) is 77.4 Å². The molecule has 0 bridgehead atoms. The first-order chi connectivity index (χ1) is 26.6. The lowest BCUT2D eigenvalue weighted by atomic mass is 9.86. The van der Waals surface area contributed by atoms with Crippen molar-refractivity contribution < 1.29 is 27.2 Å². The maximum absolute atomic E-state index is 14.6. The Labute approximate surface area is 325 Å². The van der Waals surface area contributed by atoms with Crippen LogP contribution in [0, 0.1) is 29.2 Å². The minimum Gasteiger partial charge on any atom is -0.316 e. The van der Waals surface area contributed by atoms with Gasteiger partial charge in [-0.1, -0.05) is 72.1 Å². The Morgan fingerprint density at radius 3 is 1.73 bits per heavy atom. The number of carbonyl (C=O) groups is 2. The van der Waals surface area contributed by atoms with Crippen LogP contribution in [-0.4, -0.2) is 45.0 Å². The molecule has 13 heteroatoms. The molecular formula is C42H39F4N5O2S2. The zero-order valence-electron chi connectivity index (χ0n) is 30.2. The number of thioether (sulfide) groups is 2. The molecule has 0 radical (unpaired) electrons. The molecule has 3 atom stereocenters. The fourth-order valence-corrected chi connectivity index (χ4v) is 11.3. The van der Waals surface area contributed by atoms with Gasteiger partial charge in [0.25, 0.3) is 0 Å². The standard InChI is InChI=1S/C23H23F2N3OS.C19H16F2N2OS/c24-17-9-10-20(25)18(13-17)21-27-28(22(29)16-7-4-12-26-14-16)23(30-21)11-3-6-15-5-1-2-8-19(15)23;1-12(24)23-19(10-4-6-13-5-2-3-7-16(13)19)25-18(22-23)15-11-14(20)8-9-17(15)21/h1-2,5,8-10,13,16,26H,3-4,6-7,11-12,14H2;2-3,5,7-9,11H,4,6,10H2,1H3/t;19-/m.0/s1. The number of carbonyl (C=O) groups excluding carboxylic acids is 2. The van der Waals surface area contributed by atoms with Gasteiger partial charge in [-0.25, -0.2) is 27.6 Å². The van der Waals surface area contributed by atoms with Crippen molar-refractivity contribution in [3.05, 3.63) is 142 Å². The molecule has 9 rings (SSSR count). The SMILES string of the molecule is CC(=O)N1N=C(c2cc(F)ccc2F)S[C@]12CCCc1ccccc12.O=C(C1CCCNC1)N1N=C(c2cc(F)ccc2F)SC12CCCc1ccccc12. The number of halogens is 4. The summed E-state index contributed by atoms with van der Waals surface area (Å²) in [6.07, 6.45) is 6.89. The van der Waals surface area contributed by atoms with E-state index in [1.165, 1.54) is 52.6 Å². The summed E-state index contributed by atoms with van der Waals surface area (Å²) < 4.78 is 56.3. The highest BCUT2D eigenvalue weighted by molar-refractivity contribution is 8.15. The highest BCUT2D eigenvalue weighted by Gasteiger charge is 2.52. The lowest BCUT2D eigenvalue weighted by Crippen LogP contribution is -2.48. The van der Waals surface area contributed by atoms with Crippen LogP contribution in [0.2, 0.25) is 0 Å². The molecule has 1 saturated heterocycles. The molecule has 3 heterocycles. The highest BCUT2D eigenvalue weighted by atomic mass is 32.2. The lowest BCUT2D eigenvalue weighted by Gasteiger charge is -2.41. The van der Waals surface area contributed by atoms with Crippen molar-refractivity contribution in [3.63, 3.8) is 0 Å². The summed E-state index contributed by atoms with van der Waals surface area (Å²) >= 11 is 2.72. The molecule has 0 aromatic heterocycles. The summed E-state index contributed by atoms with van der Waals surface area (Å²) in [4.78, 5) is 24.5. The van der Waals surface area contributed by atoms with Crippen LogP contribution in [0.25, 0.3) is 0 Å². The van der Waals surface area contributed by atoms with Crippen LogP contribution in [0.1, 0.15) is 78.8 Å². The Balaban J connectivity index is 0.000000158. The highest BCUT2D eigenvalue weighted by Crippen LogP contribution is 2.55. The second-order valence-corrected chi connectivity index (χ2v) is 16.9. The molecule has 2 unspecified atom stereocenters. The normalized spacial score (nSPS) is 24.1. The Bertz CT molecular complexity index is 2230. The van der Waals surface area contributed by atoms with Gasteiger partial charge in [-0.2, -0.15) is 10.2 Å². The number of rotatable bonds is 3. The van der Waals surface area contributed by atoms with Crippen molar-refractivity contribution in [2.75, 3.05) is 13.1 Å². The van der Waals surface area contributed by atoms with Gasteiger partial charge in [0.1, 0.15) is 43.1 Å². The number of hydrogen-bond donors (Lipinski definition) is 1. The van der Waals surface area contributed by atoms with Gasteiger partial charge >= 0.3 is 0 Å². The van der Waals surface area contributed by atoms with Crippen LogP contribution in [0.4, 0.5) is 17.6 Å². The summed E-state index contributed by atoms with van der Waals surface area (Å²) in [5, 5.41) is 16.1. The quantitative estimate of drug-likeness (QED) is 0.210. The molecule has 3 aliphatic heterocycles. The molecule has 7 nitrogen and oxygen atoms in total. The Kier molecular flexibility index (Phi) is 10.4. The molecule has 1 fully saturated rings. The second-order valence-electron chi connectivity index (χ2n) is 14.4. The molecule has 284 valence electrons. The number of amides is 2. The van der Waals surface area contributed by atoms with Crippen molar-refractivity contribution in [1.29, 1.82) is 0 Å². The summed E-state index contributed by atoms with van der Waals surface area (Å²) in [7, 11) is 0. The average Bonchev–Trinajstić information content (AvgIpc) is 3.77. The van der Waals surface area contributed by atoms with Gasteiger partial charge in [-0.3, -0.25) is 9.59 Å². The number of nitrogens with one attached hydrogen (secondary N) is 1. The number of piperidine rings is 1. The zero-order chi connectivity index (χ0) is 38.3. The summed E-state index contributed by atoms with van der Waals surface area (Å²) in [6.45, 7) is 2.99. The Hall–Kier alpha value is -4.46. The first kappa shape index (κ1) is 37.5. The van der Waals surface area contributed by atoms with Gasteiger partial charge in [0.05, 0.1) is 5.92 Å². The van der Waals surface area contributed by atoms with E-state index in [9.17, 15) is 27.2 Å². The van der Waals surface area contributed by atoms with Crippen molar-refractivity contribution in [3.8, 4) is 0 Å². The van der Waals surface area contributed by atoms with Gasteiger partial charge in [-0.05, 0) is 117 Å². The minimum atomic E-state index is -0.711. The van der Waals surface area contributed by atoms with Crippen molar-refractivity contribution in [1.82, 2.24) is 15.3 Å². The van der Waals surface area contributed by atoms with Gasteiger partial charge in [0.15, 0.2) is 0 Å². The monoisotopic (exact) mass is 785 g/mol. The van der Waals surface area contributed by atoms with Gasteiger partial charge < -0.3 is 5.32 Å². The molecule has 2 amide bonds. The summed E-state index contributed by atoms with van der Waals surface area (Å²) in [5.74, 6) is -2.54. The maximum atomic E-state index is 14.6. The molecule has 4 aromatic carbocycles. The largest absolute Gasteiger partial charge is 0.316 e. The van der Waals surface area contributed by atoms with Gasteiger partial charge in [0.2, 0.25) is 11.8 Å². The van der Waals surface area contributed by atoms with Crippen LogP contribution >= 0.6 is 23.5 Å². The van der Waals surface area contributed by atoms with E-state index >= 15 is 0 Å². The Morgan fingerprint density at radius 2 is 1.22 bits per heavy atom. The number of fused-ring (bicyclic) bond motifs is 4. The van der Waals surface area contributed by atoms with Crippen LogP contribution in [0.3, 0.4) is 0 Å². The molecule has 2 aliphatic carbocycles. The number of nitrogens with zero attached hydrogens (tertiary/aromatic N) is 4. The fraction of sp³-hybridized carbons (Fsp3) is 0.333. The number of aryl methyl sites for hydroxylation is 2. The summed E-state index contributed by atoms with van der Waals surface area (Å²) in [6, 6.07) is 22.7. The fourth-order valence-electron chi connectivity index (χ4n) is 8.32. The van der Waals surface area contributed by atoms with E-state index in [0.717, 1.165) is 99.4 Å². The van der Waals surface area contributed by atoms with E-state index in [1.54, 1.807) is 5.01 Å². The zero-order valence-corrected chi connectivity index (χ0v) is 31.8. The minimum absolute atomic E-state index is 0.0433. The molecule has 0 saturated carbocycles. The van der Waals surface area contributed by atoms with E-state index in [-0.39, 0.29) is 28.9 Å². The molecular weight excluding hydrogens is 747 g/mol. The van der Waals surface area contributed by atoms with Crippen LogP contribution in [0.15, 0.2) is 95.1 Å². The van der Waals surface area contributed by atoms with E-state index in [2.05, 4.69) is 27.7 Å². The molecule has 1 N–H and O–H groups in total. The smallest absolute Gasteiger partial charge is 0.248 e. The van der Waals surface area contributed by atoms with Gasteiger partial charge in [0, 0.05) is 24.6 Å². The van der Waals surface area contributed by atoms with Crippen molar-refractivity contribution >= 4 is 45.4 Å². The van der Waals surface area contributed by atoms with E-state index in [4.69, 9.17) is 0 Å². The maximum Gasteiger partial charge on any atom is 0.248 e.